The topological polar surface area (TPSA) is 82.2 Å². The van der Waals surface area contributed by atoms with Crippen molar-refractivity contribution in [1.29, 1.82) is 5.41 Å². The van der Waals surface area contributed by atoms with Crippen LogP contribution in [0.4, 0.5) is 10.5 Å². The molecular weight excluding hydrogens is 216 g/mol. The van der Waals surface area contributed by atoms with E-state index in [9.17, 15) is 4.79 Å². The molecule has 0 spiro atoms. The van der Waals surface area contributed by atoms with Crippen LogP contribution in [0.5, 0.6) is 0 Å². The predicted molar refractivity (Wildman–Crippen MR) is 69.4 cm³/mol. The number of likely N-dealkylation sites (N-methyl/N-ethyl adjacent to an activating group) is 1. The van der Waals surface area contributed by atoms with E-state index in [1.165, 1.54) is 4.90 Å². The van der Waals surface area contributed by atoms with Gasteiger partial charge in [0.25, 0.3) is 0 Å². The van der Waals surface area contributed by atoms with Gasteiger partial charge in [-0.25, -0.2) is 4.79 Å². The number of amidine groups is 1. The van der Waals surface area contributed by atoms with Crippen molar-refractivity contribution in [2.75, 3.05) is 18.4 Å². The molecule has 0 aliphatic rings. The summed E-state index contributed by atoms with van der Waals surface area (Å²) in [6.45, 7) is 4.49. The number of nitrogens with two attached hydrogens (primary N) is 1. The molecule has 0 unspecified atom stereocenters. The van der Waals surface area contributed by atoms with Crippen molar-refractivity contribution in [2.45, 2.75) is 13.8 Å². The Labute approximate surface area is 101 Å². The highest BCUT2D eigenvalue weighted by Gasteiger charge is 2.12. The minimum absolute atomic E-state index is 0.0223. The third kappa shape index (κ3) is 4.14. The SMILES string of the molecule is CCN(CC(=N)N)C(=O)Nc1ccc(C)cc1. The summed E-state index contributed by atoms with van der Waals surface area (Å²) < 4.78 is 0. The Bertz CT molecular complexity index is 399. The van der Waals surface area contributed by atoms with Crippen molar-refractivity contribution < 1.29 is 4.79 Å². The molecule has 0 aliphatic heterocycles. The molecule has 0 fully saturated rings. The van der Waals surface area contributed by atoms with Crippen LogP contribution in [0.1, 0.15) is 12.5 Å². The highest BCUT2D eigenvalue weighted by atomic mass is 16.2. The van der Waals surface area contributed by atoms with Crippen LogP contribution in [0.3, 0.4) is 0 Å². The van der Waals surface area contributed by atoms with Gasteiger partial charge in [0.2, 0.25) is 0 Å². The summed E-state index contributed by atoms with van der Waals surface area (Å²) >= 11 is 0. The molecule has 0 heterocycles. The molecule has 2 amide bonds. The van der Waals surface area contributed by atoms with Crippen LogP contribution < -0.4 is 11.1 Å². The van der Waals surface area contributed by atoms with Crippen molar-refractivity contribution in [3.63, 3.8) is 0 Å². The molecule has 0 aromatic heterocycles. The molecule has 0 saturated heterocycles. The fourth-order valence-electron chi connectivity index (χ4n) is 1.37. The maximum Gasteiger partial charge on any atom is 0.322 e. The van der Waals surface area contributed by atoms with Crippen molar-refractivity contribution >= 4 is 17.6 Å². The molecule has 1 aromatic rings. The van der Waals surface area contributed by atoms with Crippen LogP contribution in [0.25, 0.3) is 0 Å². The zero-order valence-electron chi connectivity index (χ0n) is 10.2. The first-order chi connectivity index (χ1) is 8.02. The molecule has 5 heteroatoms. The molecule has 1 aromatic carbocycles. The van der Waals surface area contributed by atoms with Gasteiger partial charge in [-0.2, -0.15) is 0 Å². The van der Waals surface area contributed by atoms with Gasteiger partial charge in [-0.3, -0.25) is 5.41 Å². The first-order valence-corrected chi connectivity index (χ1v) is 5.48. The van der Waals surface area contributed by atoms with E-state index in [0.717, 1.165) is 11.3 Å². The second-order valence-corrected chi connectivity index (χ2v) is 3.84. The Morgan fingerprint density at radius 1 is 1.41 bits per heavy atom. The maximum absolute atomic E-state index is 11.8. The smallest absolute Gasteiger partial charge is 0.322 e. The van der Waals surface area contributed by atoms with Crippen LogP contribution in [0.15, 0.2) is 24.3 Å². The lowest BCUT2D eigenvalue weighted by molar-refractivity contribution is 0.221. The number of hydrogen-bond donors (Lipinski definition) is 3. The monoisotopic (exact) mass is 234 g/mol. The second kappa shape index (κ2) is 5.89. The normalized spacial score (nSPS) is 9.76. The third-order valence-electron chi connectivity index (χ3n) is 2.33. The van der Waals surface area contributed by atoms with E-state index in [2.05, 4.69) is 5.32 Å². The van der Waals surface area contributed by atoms with Gasteiger partial charge in [0.05, 0.1) is 6.54 Å². The highest BCUT2D eigenvalue weighted by molar-refractivity contribution is 5.92. The Morgan fingerprint density at radius 3 is 2.47 bits per heavy atom. The Morgan fingerprint density at radius 2 is 2.00 bits per heavy atom. The number of hydrogen-bond acceptors (Lipinski definition) is 2. The lowest BCUT2D eigenvalue weighted by atomic mass is 10.2. The summed E-state index contributed by atoms with van der Waals surface area (Å²) in [5, 5.41) is 9.95. The Kier molecular flexibility index (Phi) is 4.51. The van der Waals surface area contributed by atoms with Crippen molar-refractivity contribution in [2.24, 2.45) is 5.73 Å². The van der Waals surface area contributed by atoms with Gasteiger partial charge in [0, 0.05) is 12.2 Å². The Hall–Kier alpha value is -2.04. The van der Waals surface area contributed by atoms with Gasteiger partial charge in [-0.1, -0.05) is 17.7 Å². The summed E-state index contributed by atoms with van der Waals surface area (Å²) in [5.74, 6) is -0.0223. The second-order valence-electron chi connectivity index (χ2n) is 3.84. The number of amides is 2. The lowest BCUT2D eigenvalue weighted by Crippen LogP contribution is -2.40. The van der Waals surface area contributed by atoms with E-state index in [4.69, 9.17) is 11.1 Å². The molecule has 1 rings (SSSR count). The molecule has 5 nitrogen and oxygen atoms in total. The first kappa shape index (κ1) is 13.0. The van der Waals surface area contributed by atoms with E-state index < -0.39 is 0 Å². The summed E-state index contributed by atoms with van der Waals surface area (Å²) in [6.07, 6.45) is 0. The number of aryl methyl sites for hydroxylation is 1. The van der Waals surface area contributed by atoms with Gasteiger partial charge in [-0.05, 0) is 26.0 Å². The van der Waals surface area contributed by atoms with E-state index in [0.29, 0.717) is 6.54 Å². The van der Waals surface area contributed by atoms with E-state index >= 15 is 0 Å². The van der Waals surface area contributed by atoms with Crippen molar-refractivity contribution in [3.8, 4) is 0 Å². The van der Waals surface area contributed by atoms with Gasteiger partial charge in [0.1, 0.15) is 5.84 Å². The summed E-state index contributed by atoms with van der Waals surface area (Å²) in [6, 6.07) is 7.30. The molecule has 0 atom stereocenters. The summed E-state index contributed by atoms with van der Waals surface area (Å²) in [5.41, 5.74) is 7.16. The molecule has 0 aliphatic carbocycles. The fraction of sp³-hybridized carbons (Fsp3) is 0.333. The van der Waals surface area contributed by atoms with Crippen LogP contribution in [0, 0.1) is 12.3 Å². The third-order valence-corrected chi connectivity index (χ3v) is 2.33. The number of anilines is 1. The van der Waals surface area contributed by atoms with Crippen molar-refractivity contribution in [3.05, 3.63) is 29.8 Å². The van der Waals surface area contributed by atoms with Gasteiger partial charge in [-0.15, -0.1) is 0 Å². The number of nitrogens with one attached hydrogen (secondary N) is 2. The summed E-state index contributed by atoms with van der Waals surface area (Å²) in [4.78, 5) is 13.3. The largest absolute Gasteiger partial charge is 0.386 e. The van der Waals surface area contributed by atoms with E-state index in [1.54, 1.807) is 0 Å². The number of benzene rings is 1. The highest BCUT2D eigenvalue weighted by Crippen LogP contribution is 2.09. The molecule has 92 valence electrons. The fourth-order valence-corrected chi connectivity index (χ4v) is 1.37. The minimum Gasteiger partial charge on any atom is -0.386 e. The van der Waals surface area contributed by atoms with Gasteiger partial charge >= 0.3 is 6.03 Å². The number of carbonyl (C=O) groups excluding carboxylic acids is 1. The Balaban J connectivity index is 2.63. The molecule has 17 heavy (non-hydrogen) atoms. The number of carbonyl (C=O) groups is 1. The van der Waals surface area contributed by atoms with E-state index in [1.807, 2.05) is 38.1 Å². The molecular formula is C12H18N4O. The standard InChI is InChI=1S/C12H18N4O/c1-3-16(8-11(13)14)12(17)15-10-6-4-9(2)5-7-10/h4-7H,3,8H2,1-2H3,(H3,13,14)(H,15,17). The average Bonchev–Trinajstić information content (AvgIpc) is 2.28. The predicted octanol–water partition coefficient (Wildman–Crippen LogP) is 1.78. The van der Waals surface area contributed by atoms with Crippen molar-refractivity contribution in [1.82, 2.24) is 4.90 Å². The molecule has 0 saturated carbocycles. The number of rotatable bonds is 4. The number of urea groups is 1. The number of nitrogens with zero attached hydrogens (tertiary/aromatic N) is 1. The van der Waals surface area contributed by atoms with Crippen LogP contribution >= 0.6 is 0 Å². The maximum atomic E-state index is 11.8. The van der Waals surface area contributed by atoms with Gasteiger partial charge in [0.15, 0.2) is 0 Å². The van der Waals surface area contributed by atoms with Crippen LogP contribution in [0.2, 0.25) is 0 Å². The lowest BCUT2D eigenvalue weighted by Gasteiger charge is -2.20. The molecule has 0 bridgehead atoms. The average molecular weight is 234 g/mol. The molecule has 4 N–H and O–H groups in total. The molecule has 0 radical (unpaired) electrons. The van der Waals surface area contributed by atoms with Crippen LogP contribution in [-0.4, -0.2) is 29.9 Å². The summed E-state index contributed by atoms with van der Waals surface area (Å²) in [7, 11) is 0. The minimum atomic E-state index is -0.244. The van der Waals surface area contributed by atoms with Gasteiger partial charge < -0.3 is 16.0 Å². The first-order valence-electron chi connectivity index (χ1n) is 5.48. The quantitative estimate of drug-likeness (QED) is 0.548. The van der Waals surface area contributed by atoms with E-state index in [-0.39, 0.29) is 18.4 Å². The zero-order chi connectivity index (χ0) is 12.8. The van der Waals surface area contributed by atoms with Crippen LogP contribution in [-0.2, 0) is 0 Å². The zero-order valence-corrected chi connectivity index (χ0v) is 10.2.